The molecule has 1 amide bonds. The molecule has 0 aliphatic carbocycles. The fourth-order valence-electron chi connectivity index (χ4n) is 2.24. The number of carbonyl (C=O) groups is 2. The van der Waals surface area contributed by atoms with E-state index in [9.17, 15) is 9.59 Å². The van der Waals surface area contributed by atoms with Gasteiger partial charge in [-0.3, -0.25) is 9.59 Å². The highest BCUT2D eigenvalue weighted by atomic mass is 16.7. The van der Waals surface area contributed by atoms with Crippen molar-refractivity contribution in [3.8, 4) is 0 Å². The summed E-state index contributed by atoms with van der Waals surface area (Å²) in [5, 5.41) is 0. The summed E-state index contributed by atoms with van der Waals surface area (Å²) in [4.78, 5) is 29.7. The molecule has 1 aliphatic heterocycles. The van der Waals surface area contributed by atoms with Gasteiger partial charge in [0.15, 0.2) is 0 Å². The quantitative estimate of drug-likeness (QED) is 0.606. The average molecular weight is 263 g/mol. The van der Waals surface area contributed by atoms with Crippen LogP contribution in [-0.2, 0) is 16.1 Å². The number of rotatable bonds is 4. The van der Waals surface area contributed by atoms with Crippen LogP contribution in [0, 0.1) is 0 Å². The van der Waals surface area contributed by atoms with E-state index >= 15 is 0 Å². The topological polar surface area (TPSA) is 84.7 Å². The Balaban J connectivity index is 2.03. The molecule has 0 radical (unpaired) electrons. The maximum atomic E-state index is 12.3. The first-order chi connectivity index (χ1) is 9.22. The second-order valence-corrected chi connectivity index (χ2v) is 4.39. The normalized spacial score (nSPS) is 14.8. The van der Waals surface area contributed by atoms with Crippen LogP contribution in [0.2, 0.25) is 0 Å². The fraction of sp³-hybridized carbons (Fsp3) is 0.385. The minimum Gasteiger partial charge on any atom is -0.356 e. The molecule has 0 saturated heterocycles. The van der Waals surface area contributed by atoms with Crippen LogP contribution in [0.1, 0.15) is 28.8 Å². The van der Waals surface area contributed by atoms with Crippen molar-refractivity contribution >= 4 is 11.9 Å². The van der Waals surface area contributed by atoms with Crippen LogP contribution in [0.4, 0.5) is 0 Å². The first kappa shape index (κ1) is 13.5. The highest BCUT2D eigenvalue weighted by Crippen LogP contribution is 2.18. The Hall–Kier alpha value is -1.92. The van der Waals surface area contributed by atoms with Crippen LogP contribution < -0.4 is 11.4 Å². The highest BCUT2D eigenvalue weighted by Gasteiger charge is 2.22. The molecule has 1 aromatic carbocycles. The molecule has 6 heteroatoms. The summed E-state index contributed by atoms with van der Waals surface area (Å²) in [6.45, 7) is 0.991. The number of hydrogen-bond donors (Lipinski definition) is 2. The molecular weight excluding hydrogens is 246 g/mol. The lowest BCUT2D eigenvalue weighted by atomic mass is 10.0. The number of carbonyl (C=O) groups excluding carboxylic acids is 2. The summed E-state index contributed by atoms with van der Waals surface area (Å²) in [7, 11) is 0. The van der Waals surface area contributed by atoms with Gasteiger partial charge in [-0.25, -0.2) is 5.84 Å². The van der Waals surface area contributed by atoms with Gasteiger partial charge in [-0.05, 0) is 24.5 Å². The Bertz CT molecular complexity index is 476. The van der Waals surface area contributed by atoms with Crippen LogP contribution in [0.5, 0.6) is 0 Å². The molecule has 0 atom stereocenters. The lowest BCUT2D eigenvalue weighted by molar-refractivity contribution is -0.151. The van der Waals surface area contributed by atoms with Crippen LogP contribution in [0.25, 0.3) is 0 Å². The second kappa shape index (κ2) is 6.31. The third kappa shape index (κ3) is 3.30. The SMILES string of the molecule is NNOC(=O)CCN1CCCc2ccccc2C1=O. The van der Waals surface area contributed by atoms with E-state index in [0.717, 1.165) is 24.0 Å². The fourth-order valence-corrected chi connectivity index (χ4v) is 2.24. The molecule has 0 spiro atoms. The van der Waals surface area contributed by atoms with Crippen LogP contribution in [0.3, 0.4) is 0 Å². The largest absolute Gasteiger partial charge is 0.356 e. The molecule has 1 heterocycles. The summed E-state index contributed by atoms with van der Waals surface area (Å²) < 4.78 is 0. The maximum Gasteiger partial charge on any atom is 0.328 e. The van der Waals surface area contributed by atoms with Crippen molar-refractivity contribution in [2.24, 2.45) is 5.84 Å². The third-order valence-electron chi connectivity index (χ3n) is 3.17. The van der Waals surface area contributed by atoms with Gasteiger partial charge in [-0.15, -0.1) is 0 Å². The molecule has 0 aromatic heterocycles. The van der Waals surface area contributed by atoms with Gasteiger partial charge in [0.05, 0.1) is 6.42 Å². The Kier molecular flexibility index (Phi) is 4.48. The number of aryl methyl sites for hydroxylation is 1. The van der Waals surface area contributed by atoms with Gasteiger partial charge in [0, 0.05) is 18.7 Å². The molecule has 0 bridgehead atoms. The zero-order valence-corrected chi connectivity index (χ0v) is 10.6. The van der Waals surface area contributed by atoms with E-state index in [2.05, 4.69) is 4.84 Å². The number of amides is 1. The number of nitrogens with two attached hydrogens (primary N) is 1. The van der Waals surface area contributed by atoms with Gasteiger partial charge in [-0.1, -0.05) is 23.8 Å². The first-order valence-corrected chi connectivity index (χ1v) is 6.25. The number of fused-ring (bicyclic) bond motifs is 1. The lowest BCUT2D eigenvalue weighted by Crippen LogP contribution is -2.34. The smallest absolute Gasteiger partial charge is 0.328 e. The van der Waals surface area contributed by atoms with Gasteiger partial charge in [0.25, 0.3) is 5.91 Å². The summed E-state index contributed by atoms with van der Waals surface area (Å²) in [6, 6.07) is 7.60. The standard InChI is InChI=1S/C13H17N3O3/c14-15-19-12(17)7-9-16-8-3-5-10-4-1-2-6-11(10)13(16)18/h1-2,4,6,15H,3,5,7-9,14H2. The van der Waals surface area contributed by atoms with Crippen molar-refractivity contribution in [2.45, 2.75) is 19.3 Å². The molecule has 6 nitrogen and oxygen atoms in total. The van der Waals surface area contributed by atoms with Crippen molar-refractivity contribution in [2.75, 3.05) is 13.1 Å². The van der Waals surface area contributed by atoms with Crippen molar-refractivity contribution in [3.05, 3.63) is 35.4 Å². The zero-order chi connectivity index (χ0) is 13.7. The van der Waals surface area contributed by atoms with Gasteiger partial charge in [0.1, 0.15) is 0 Å². The van der Waals surface area contributed by atoms with E-state index in [4.69, 9.17) is 5.84 Å². The molecule has 19 heavy (non-hydrogen) atoms. The predicted molar refractivity (Wildman–Crippen MR) is 68.7 cm³/mol. The summed E-state index contributed by atoms with van der Waals surface area (Å²) >= 11 is 0. The Morgan fingerprint density at radius 2 is 2.21 bits per heavy atom. The monoisotopic (exact) mass is 263 g/mol. The van der Waals surface area contributed by atoms with E-state index in [1.807, 2.05) is 29.9 Å². The van der Waals surface area contributed by atoms with Crippen molar-refractivity contribution in [1.29, 1.82) is 0 Å². The van der Waals surface area contributed by atoms with E-state index in [0.29, 0.717) is 13.1 Å². The molecule has 0 unspecified atom stereocenters. The molecule has 1 aliphatic rings. The number of benzene rings is 1. The highest BCUT2D eigenvalue weighted by molar-refractivity contribution is 5.96. The summed E-state index contributed by atoms with van der Waals surface area (Å²) in [5.74, 6) is 4.37. The first-order valence-electron chi connectivity index (χ1n) is 6.25. The van der Waals surface area contributed by atoms with Gasteiger partial charge >= 0.3 is 5.97 Å². The van der Waals surface area contributed by atoms with Crippen LogP contribution in [0.15, 0.2) is 24.3 Å². The molecule has 102 valence electrons. The summed E-state index contributed by atoms with van der Waals surface area (Å²) in [6.07, 6.45) is 1.90. The summed E-state index contributed by atoms with van der Waals surface area (Å²) in [5.41, 5.74) is 3.64. The molecule has 1 aromatic rings. The van der Waals surface area contributed by atoms with Crippen molar-refractivity contribution < 1.29 is 14.4 Å². The average Bonchev–Trinajstić information content (AvgIpc) is 2.57. The molecule has 0 saturated carbocycles. The van der Waals surface area contributed by atoms with E-state index in [1.54, 1.807) is 4.90 Å². The molecule has 2 rings (SSSR count). The van der Waals surface area contributed by atoms with Gasteiger partial charge < -0.3 is 9.74 Å². The number of hydrazine groups is 1. The predicted octanol–water partition coefficient (Wildman–Crippen LogP) is 0.387. The van der Waals surface area contributed by atoms with E-state index in [-0.39, 0.29) is 12.3 Å². The minimum atomic E-state index is -0.479. The third-order valence-corrected chi connectivity index (χ3v) is 3.17. The molecule has 3 N–H and O–H groups in total. The van der Waals surface area contributed by atoms with E-state index < -0.39 is 5.97 Å². The van der Waals surface area contributed by atoms with Gasteiger partial charge in [-0.2, -0.15) is 0 Å². The Morgan fingerprint density at radius 3 is 3.00 bits per heavy atom. The van der Waals surface area contributed by atoms with E-state index in [1.165, 1.54) is 0 Å². The molecule has 0 fully saturated rings. The Morgan fingerprint density at radius 1 is 1.42 bits per heavy atom. The number of hydrogen-bond acceptors (Lipinski definition) is 5. The maximum absolute atomic E-state index is 12.3. The number of nitrogens with one attached hydrogen (secondary N) is 1. The van der Waals surface area contributed by atoms with Crippen LogP contribution in [-0.4, -0.2) is 29.9 Å². The lowest BCUT2D eigenvalue weighted by Gasteiger charge is -2.20. The van der Waals surface area contributed by atoms with Gasteiger partial charge in [0.2, 0.25) is 0 Å². The minimum absolute atomic E-state index is 0.0263. The zero-order valence-electron chi connectivity index (χ0n) is 10.6. The van der Waals surface area contributed by atoms with Crippen LogP contribution >= 0.6 is 0 Å². The molecular formula is C13H17N3O3. The second-order valence-electron chi connectivity index (χ2n) is 4.39. The number of nitrogens with zero attached hydrogens (tertiary/aromatic N) is 1. The van der Waals surface area contributed by atoms with Crippen molar-refractivity contribution in [1.82, 2.24) is 10.5 Å². The van der Waals surface area contributed by atoms with Crippen molar-refractivity contribution in [3.63, 3.8) is 0 Å². The Labute approximate surface area is 111 Å².